The Bertz CT molecular complexity index is 708. The van der Waals surface area contributed by atoms with Gasteiger partial charge in [-0.25, -0.2) is 4.98 Å². The molecule has 0 aliphatic carbocycles. The first kappa shape index (κ1) is 18.4. The van der Waals surface area contributed by atoms with Crippen LogP contribution in [0.2, 0.25) is 0 Å². The lowest BCUT2D eigenvalue weighted by molar-refractivity contribution is 0.102. The van der Waals surface area contributed by atoms with Crippen LogP contribution in [-0.4, -0.2) is 37.2 Å². The van der Waals surface area contributed by atoms with Crippen molar-refractivity contribution >= 4 is 17.3 Å². The average Bonchev–Trinajstić information content (AvgIpc) is 3.18. The summed E-state index contributed by atoms with van der Waals surface area (Å²) in [5.41, 5.74) is 8.11. The first-order valence-corrected chi connectivity index (χ1v) is 9.12. The van der Waals surface area contributed by atoms with Gasteiger partial charge in [-0.3, -0.25) is 4.79 Å². The molecule has 26 heavy (non-hydrogen) atoms. The third kappa shape index (κ3) is 4.62. The summed E-state index contributed by atoms with van der Waals surface area (Å²) in [6, 6.07) is 7.49. The monoisotopic (exact) mass is 358 g/mol. The lowest BCUT2D eigenvalue weighted by Crippen LogP contribution is -2.36. The minimum atomic E-state index is -0.304. The molecule has 1 aromatic heterocycles. The fourth-order valence-electron chi connectivity index (χ4n) is 2.88. The number of amides is 1. The highest BCUT2D eigenvalue weighted by Crippen LogP contribution is 2.20. The number of morpholine rings is 1. The van der Waals surface area contributed by atoms with Crippen LogP contribution < -0.4 is 16.0 Å². The Morgan fingerprint density at radius 2 is 2.04 bits per heavy atom. The van der Waals surface area contributed by atoms with Crippen molar-refractivity contribution in [2.24, 2.45) is 5.73 Å². The van der Waals surface area contributed by atoms with Gasteiger partial charge in [-0.1, -0.05) is 19.8 Å². The van der Waals surface area contributed by atoms with E-state index >= 15 is 0 Å². The summed E-state index contributed by atoms with van der Waals surface area (Å²) >= 11 is 0. The maximum Gasteiger partial charge on any atom is 0.277 e. The Morgan fingerprint density at radius 3 is 2.73 bits per heavy atom. The minimum Gasteiger partial charge on any atom is -0.446 e. The van der Waals surface area contributed by atoms with Gasteiger partial charge in [0, 0.05) is 24.5 Å². The molecule has 1 atom stereocenters. The van der Waals surface area contributed by atoms with Crippen molar-refractivity contribution in [2.75, 3.05) is 36.5 Å². The highest BCUT2D eigenvalue weighted by Gasteiger charge is 2.17. The number of nitrogens with one attached hydrogen (secondary N) is 1. The van der Waals surface area contributed by atoms with Crippen LogP contribution in [0.5, 0.6) is 0 Å². The number of rotatable bonds is 7. The van der Waals surface area contributed by atoms with Gasteiger partial charge in [0.05, 0.1) is 19.3 Å². The third-order valence-corrected chi connectivity index (χ3v) is 4.44. The summed E-state index contributed by atoms with van der Waals surface area (Å²) in [5.74, 6) is 0.105. The molecule has 3 N–H and O–H groups in total. The molecule has 1 unspecified atom stereocenters. The number of anilines is 2. The van der Waals surface area contributed by atoms with Gasteiger partial charge >= 0.3 is 0 Å². The number of nitrogens with two attached hydrogens (primary N) is 1. The van der Waals surface area contributed by atoms with E-state index in [0.29, 0.717) is 11.6 Å². The standard InChI is InChI=1S/C19H26N4O3/c1-2-3-4-16(20)19-22-17(13-26-19)18(24)21-14-5-7-15(8-6-14)23-9-11-25-12-10-23/h5-8,13,16H,2-4,9-12,20H2,1H3,(H,21,24). The van der Waals surface area contributed by atoms with Gasteiger partial charge in [0.25, 0.3) is 5.91 Å². The summed E-state index contributed by atoms with van der Waals surface area (Å²) in [5, 5.41) is 2.84. The SMILES string of the molecule is CCCCC(N)c1nc(C(=O)Nc2ccc(N3CCOCC3)cc2)co1. The highest BCUT2D eigenvalue weighted by molar-refractivity contribution is 6.02. The second-order valence-electron chi connectivity index (χ2n) is 6.42. The van der Waals surface area contributed by atoms with E-state index in [9.17, 15) is 4.79 Å². The molecule has 2 aromatic rings. The van der Waals surface area contributed by atoms with Crippen LogP contribution in [0.15, 0.2) is 34.9 Å². The number of oxazole rings is 1. The van der Waals surface area contributed by atoms with E-state index in [1.807, 2.05) is 24.3 Å². The van der Waals surface area contributed by atoms with E-state index in [1.165, 1.54) is 6.26 Å². The molecule has 3 rings (SSSR count). The number of carbonyl (C=O) groups is 1. The van der Waals surface area contributed by atoms with Crippen LogP contribution in [0.3, 0.4) is 0 Å². The summed E-state index contributed by atoms with van der Waals surface area (Å²) in [6.45, 7) is 5.35. The van der Waals surface area contributed by atoms with Gasteiger partial charge in [0.2, 0.25) is 5.89 Å². The molecule has 1 aromatic carbocycles. The normalized spacial score (nSPS) is 15.7. The fourth-order valence-corrected chi connectivity index (χ4v) is 2.88. The van der Waals surface area contributed by atoms with Crippen molar-refractivity contribution in [3.63, 3.8) is 0 Å². The Balaban J connectivity index is 1.58. The molecular formula is C19H26N4O3. The molecule has 1 aliphatic rings. The van der Waals surface area contributed by atoms with Gasteiger partial charge < -0.3 is 25.1 Å². The van der Waals surface area contributed by atoms with E-state index in [0.717, 1.165) is 51.3 Å². The number of nitrogens with zero attached hydrogens (tertiary/aromatic N) is 2. The summed E-state index contributed by atoms with van der Waals surface area (Å²) in [7, 11) is 0. The Morgan fingerprint density at radius 1 is 1.31 bits per heavy atom. The van der Waals surface area contributed by atoms with Gasteiger partial charge in [-0.2, -0.15) is 0 Å². The van der Waals surface area contributed by atoms with Gasteiger partial charge in [-0.05, 0) is 30.7 Å². The first-order valence-electron chi connectivity index (χ1n) is 9.12. The number of ether oxygens (including phenoxy) is 1. The van der Waals surface area contributed by atoms with Crippen LogP contribution >= 0.6 is 0 Å². The van der Waals surface area contributed by atoms with E-state index in [-0.39, 0.29) is 17.6 Å². The second kappa shape index (κ2) is 8.82. The zero-order valence-electron chi connectivity index (χ0n) is 15.1. The van der Waals surface area contributed by atoms with Gasteiger partial charge in [0.1, 0.15) is 6.26 Å². The third-order valence-electron chi connectivity index (χ3n) is 4.44. The molecule has 1 aliphatic heterocycles. The number of carbonyl (C=O) groups excluding carboxylic acids is 1. The Labute approximate surface area is 153 Å². The summed E-state index contributed by atoms with van der Waals surface area (Å²) in [4.78, 5) is 18.8. The maximum absolute atomic E-state index is 12.3. The molecule has 7 nitrogen and oxygen atoms in total. The van der Waals surface area contributed by atoms with Crippen molar-refractivity contribution in [1.29, 1.82) is 0 Å². The maximum atomic E-state index is 12.3. The van der Waals surface area contributed by atoms with Crippen LogP contribution in [0.1, 0.15) is 48.6 Å². The second-order valence-corrected chi connectivity index (χ2v) is 6.42. The highest BCUT2D eigenvalue weighted by atomic mass is 16.5. The number of aromatic nitrogens is 1. The van der Waals surface area contributed by atoms with E-state index in [2.05, 4.69) is 22.1 Å². The van der Waals surface area contributed by atoms with Crippen molar-refractivity contribution in [2.45, 2.75) is 32.2 Å². The predicted molar refractivity (Wildman–Crippen MR) is 100 cm³/mol. The topological polar surface area (TPSA) is 93.6 Å². The molecule has 0 saturated carbocycles. The van der Waals surface area contributed by atoms with Crippen LogP contribution in [0, 0.1) is 0 Å². The van der Waals surface area contributed by atoms with Gasteiger partial charge in [0.15, 0.2) is 5.69 Å². The molecule has 0 bridgehead atoms. The van der Waals surface area contributed by atoms with Gasteiger partial charge in [-0.15, -0.1) is 0 Å². The van der Waals surface area contributed by atoms with E-state index < -0.39 is 0 Å². The van der Waals surface area contributed by atoms with E-state index in [1.54, 1.807) is 0 Å². The van der Waals surface area contributed by atoms with Crippen molar-refractivity contribution in [1.82, 2.24) is 4.98 Å². The average molecular weight is 358 g/mol. The molecule has 7 heteroatoms. The van der Waals surface area contributed by atoms with Crippen LogP contribution in [0.25, 0.3) is 0 Å². The quantitative estimate of drug-likeness (QED) is 0.790. The Kier molecular flexibility index (Phi) is 6.25. The lowest BCUT2D eigenvalue weighted by atomic mass is 10.1. The lowest BCUT2D eigenvalue weighted by Gasteiger charge is -2.28. The molecule has 0 spiro atoms. The minimum absolute atomic E-state index is 0.240. The molecule has 1 fully saturated rings. The summed E-state index contributed by atoms with van der Waals surface area (Å²) in [6.07, 6.45) is 4.21. The Hall–Kier alpha value is -2.38. The molecule has 0 radical (unpaired) electrons. The van der Waals surface area contributed by atoms with Crippen LogP contribution in [-0.2, 0) is 4.74 Å². The fraction of sp³-hybridized carbons (Fsp3) is 0.474. The van der Waals surface area contributed by atoms with E-state index in [4.69, 9.17) is 14.9 Å². The van der Waals surface area contributed by atoms with Crippen molar-refractivity contribution in [3.8, 4) is 0 Å². The summed E-state index contributed by atoms with van der Waals surface area (Å²) < 4.78 is 10.7. The molecule has 2 heterocycles. The molecule has 140 valence electrons. The number of hydrogen-bond acceptors (Lipinski definition) is 6. The molecule has 1 amide bonds. The number of unbranched alkanes of at least 4 members (excludes halogenated alkanes) is 1. The zero-order chi connectivity index (χ0) is 18.4. The van der Waals surface area contributed by atoms with Crippen LogP contribution in [0.4, 0.5) is 11.4 Å². The zero-order valence-corrected chi connectivity index (χ0v) is 15.1. The van der Waals surface area contributed by atoms with Crippen molar-refractivity contribution in [3.05, 3.63) is 42.1 Å². The number of hydrogen-bond donors (Lipinski definition) is 2. The van der Waals surface area contributed by atoms with Crippen molar-refractivity contribution < 1.29 is 13.9 Å². The first-order chi connectivity index (χ1) is 12.7. The smallest absolute Gasteiger partial charge is 0.277 e. The largest absolute Gasteiger partial charge is 0.446 e. The predicted octanol–water partition coefficient (Wildman–Crippen LogP) is 2.95. The number of benzene rings is 1. The molecular weight excluding hydrogens is 332 g/mol. The molecule has 1 saturated heterocycles.